The molecule has 0 atom stereocenters. The molecular weight excluding hydrogens is 160 g/mol. The Hall–Kier alpha value is 0.546. The van der Waals surface area contributed by atoms with E-state index in [1.54, 1.807) is 5.48 Å². The summed E-state index contributed by atoms with van der Waals surface area (Å²) in [4.78, 5) is 0. The zero-order valence-corrected chi connectivity index (χ0v) is 8.72. The number of nitrogens with one attached hydrogen (secondary N) is 1. The predicted octanol–water partition coefficient (Wildman–Crippen LogP) is -1.26. The van der Waals surface area contributed by atoms with E-state index < -0.39 is 5.82 Å². The first-order valence-electron chi connectivity index (χ1n) is 2.46. The van der Waals surface area contributed by atoms with E-state index in [1.807, 2.05) is 0 Å². The average molecular weight is 165 g/mol. The van der Waals surface area contributed by atoms with Gasteiger partial charge in [-0.1, -0.05) is 6.07 Å². The summed E-state index contributed by atoms with van der Waals surface area (Å²) < 4.78 is 12.2. The molecule has 0 saturated carbocycles. The second-order valence-corrected chi connectivity index (χ2v) is 1.61. The maximum absolute atomic E-state index is 12.2. The van der Waals surface area contributed by atoms with Crippen LogP contribution in [0, 0.1) is 11.0 Å². The van der Waals surface area contributed by atoms with Crippen LogP contribution in [-0.2, 0) is 0 Å². The number of halogens is 1. The van der Waals surface area contributed by atoms with Crippen molar-refractivity contribution in [2.75, 3.05) is 5.48 Å². The van der Waals surface area contributed by atoms with Gasteiger partial charge in [0.15, 0.2) is 0 Å². The van der Waals surface area contributed by atoms with Gasteiger partial charge >= 0.3 is 51.4 Å². The number of anilines is 1. The molecule has 0 aliphatic rings. The Balaban J connectivity index is 0.000000810. The van der Waals surface area contributed by atoms with Gasteiger partial charge in [0.1, 0.15) is 5.82 Å². The molecule has 0 heterocycles. The van der Waals surface area contributed by atoms with Gasteiger partial charge in [0.25, 0.3) is 0 Å². The minimum absolute atomic E-state index is 0. The molecule has 0 unspecified atom stereocenters. The predicted molar refractivity (Wildman–Crippen MR) is 33.4 cm³/mol. The monoisotopic (exact) mass is 165 g/mol. The molecule has 1 aromatic rings. The summed E-state index contributed by atoms with van der Waals surface area (Å²) in [6, 6.07) is 5.37. The summed E-state index contributed by atoms with van der Waals surface area (Å²) >= 11 is 0. The first-order chi connectivity index (χ1) is 4.33. The van der Waals surface area contributed by atoms with Crippen LogP contribution in [0.25, 0.3) is 0 Å². The van der Waals surface area contributed by atoms with E-state index in [4.69, 9.17) is 0 Å². The smallest absolute Gasteiger partial charge is 0.761 e. The molecule has 0 amide bonds. The quantitative estimate of drug-likeness (QED) is 0.416. The van der Waals surface area contributed by atoms with Gasteiger partial charge in [-0.15, -0.1) is 0 Å². The fourth-order valence-electron chi connectivity index (χ4n) is 0.552. The molecule has 0 radical (unpaired) electrons. The van der Waals surface area contributed by atoms with Crippen LogP contribution >= 0.6 is 0 Å². The van der Waals surface area contributed by atoms with E-state index in [1.165, 1.54) is 18.2 Å². The third-order valence-corrected chi connectivity index (χ3v) is 0.942. The molecule has 1 aromatic carbocycles. The van der Waals surface area contributed by atoms with Crippen molar-refractivity contribution >= 4 is 5.69 Å². The van der Waals surface area contributed by atoms with Crippen LogP contribution < -0.4 is 56.9 Å². The Bertz CT molecular complexity index is 207. The van der Waals surface area contributed by atoms with E-state index >= 15 is 0 Å². The summed E-state index contributed by atoms with van der Waals surface area (Å²) in [6.45, 7) is 0. The standard InChI is InChI=1S/C6H5FNO.K/c7-5-2-1-3-6(4-5)8-9;/h1-4,8H;/q-1;+1. The molecule has 0 aliphatic carbocycles. The van der Waals surface area contributed by atoms with Gasteiger partial charge in [-0.2, -0.15) is 0 Å². The molecule has 0 bridgehead atoms. The molecule has 0 aromatic heterocycles. The zero-order chi connectivity index (χ0) is 6.69. The molecule has 0 fully saturated rings. The second kappa shape index (κ2) is 5.23. The number of hydrogen-bond acceptors (Lipinski definition) is 2. The van der Waals surface area contributed by atoms with Crippen molar-refractivity contribution in [1.29, 1.82) is 0 Å². The van der Waals surface area contributed by atoms with Gasteiger partial charge in [-0.3, -0.25) is 0 Å². The minimum atomic E-state index is -0.407. The Morgan fingerprint density at radius 3 is 2.50 bits per heavy atom. The van der Waals surface area contributed by atoms with Crippen LogP contribution in [0.1, 0.15) is 0 Å². The Morgan fingerprint density at radius 1 is 1.40 bits per heavy atom. The molecule has 1 N–H and O–H groups in total. The molecule has 0 saturated heterocycles. The first-order valence-corrected chi connectivity index (χ1v) is 2.46. The molecule has 10 heavy (non-hydrogen) atoms. The zero-order valence-electron chi connectivity index (χ0n) is 5.60. The molecule has 1 rings (SSSR count). The van der Waals surface area contributed by atoms with Crippen molar-refractivity contribution < 1.29 is 55.8 Å². The topological polar surface area (TPSA) is 35.1 Å². The van der Waals surface area contributed by atoms with Crippen LogP contribution in [0.4, 0.5) is 10.1 Å². The van der Waals surface area contributed by atoms with Gasteiger partial charge in [0.05, 0.1) is 0 Å². The van der Waals surface area contributed by atoms with Crippen LogP contribution in [0.2, 0.25) is 0 Å². The van der Waals surface area contributed by atoms with Crippen LogP contribution in [0.3, 0.4) is 0 Å². The summed E-state index contributed by atoms with van der Waals surface area (Å²) in [5.74, 6) is -0.407. The van der Waals surface area contributed by atoms with E-state index in [-0.39, 0.29) is 57.1 Å². The Kier molecular flexibility index (Phi) is 5.52. The third kappa shape index (κ3) is 3.09. The van der Waals surface area contributed by atoms with Crippen molar-refractivity contribution in [2.45, 2.75) is 0 Å². The fourth-order valence-corrected chi connectivity index (χ4v) is 0.552. The summed E-state index contributed by atoms with van der Waals surface area (Å²) in [5, 5.41) is 9.87. The molecule has 0 aliphatic heterocycles. The molecule has 48 valence electrons. The van der Waals surface area contributed by atoms with Crippen LogP contribution in [-0.4, -0.2) is 0 Å². The maximum atomic E-state index is 12.2. The maximum Gasteiger partial charge on any atom is 1.00 e. The van der Waals surface area contributed by atoms with Gasteiger partial charge < -0.3 is 10.7 Å². The van der Waals surface area contributed by atoms with Gasteiger partial charge in [0, 0.05) is 5.69 Å². The summed E-state index contributed by atoms with van der Waals surface area (Å²) in [7, 11) is 0. The van der Waals surface area contributed by atoms with Crippen molar-refractivity contribution in [3.05, 3.63) is 35.3 Å². The Morgan fingerprint density at radius 2 is 2.10 bits per heavy atom. The van der Waals surface area contributed by atoms with Gasteiger partial charge in [0.2, 0.25) is 0 Å². The third-order valence-electron chi connectivity index (χ3n) is 0.942. The number of rotatable bonds is 1. The van der Waals surface area contributed by atoms with Crippen molar-refractivity contribution in [3.8, 4) is 0 Å². The van der Waals surface area contributed by atoms with E-state index in [0.717, 1.165) is 6.07 Å². The van der Waals surface area contributed by atoms with Crippen LogP contribution in [0.15, 0.2) is 24.3 Å². The SMILES string of the molecule is [K+].[O-]Nc1cccc(F)c1. The van der Waals surface area contributed by atoms with Crippen LogP contribution in [0.5, 0.6) is 0 Å². The summed E-state index contributed by atoms with van der Waals surface area (Å²) in [6.07, 6.45) is 0. The molecular formula is C6H5FKNO. The first kappa shape index (κ1) is 10.5. The number of hydrogen-bond donors (Lipinski definition) is 1. The van der Waals surface area contributed by atoms with E-state index in [2.05, 4.69) is 0 Å². The average Bonchev–Trinajstić information content (AvgIpc) is 1.88. The molecule has 4 heteroatoms. The van der Waals surface area contributed by atoms with Gasteiger partial charge in [-0.05, 0) is 18.2 Å². The minimum Gasteiger partial charge on any atom is -0.761 e. The Labute approximate surface area is 101 Å². The normalized spacial score (nSPS) is 8.20. The molecule has 0 spiro atoms. The van der Waals surface area contributed by atoms with E-state index in [9.17, 15) is 9.60 Å². The van der Waals surface area contributed by atoms with Crippen molar-refractivity contribution in [3.63, 3.8) is 0 Å². The largest absolute Gasteiger partial charge is 1.00 e. The fraction of sp³-hybridized carbons (Fsp3) is 0. The molecule has 2 nitrogen and oxygen atoms in total. The number of benzene rings is 1. The van der Waals surface area contributed by atoms with Gasteiger partial charge in [-0.25, -0.2) is 4.39 Å². The van der Waals surface area contributed by atoms with E-state index in [0.29, 0.717) is 0 Å². The second-order valence-electron chi connectivity index (χ2n) is 1.61. The van der Waals surface area contributed by atoms with Crippen molar-refractivity contribution in [2.24, 2.45) is 0 Å². The van der Waals surface area contributed by atoms with Crippen molar-refractivity contribution in [1.82, 2.24) is 0 Å². The summed E-state index contributed by atoms with van der Waals surface area (Å²) in [5.41, 5.74) is 1.82.